The molecule has 4 nitrogen and oxygen atoms in total. The molecule has 17 heavy (non-hydrogen) atoms. The second-order valence-corrected chi connectivity index (χ2v) is 4.84. The number of hydrogen-bond donors (Lipinski definition) is 3. The predicted molar refractivity (Wildman–Crippen MR) is 72.6 cm³/mol. The second-order valence-electron chi connectivity index (χ2n) is 3.84. The van der Waals surface area contributed by atoms with Crippen molar-refractivity contribution in [2.24, 2.45) is 5.73 Å². The summed E-state index contributed by atoms with van der Waals surface area (Å²) >= 11 is 1.50. The van der Waals surface area contributed by atoms with Gasteiger partial charge in [-0.3, -0.25) is 5.41 Å². The van der Waals surface area contributed by atoms with E-state index >= 15 is 0 Å². The third kappa shape index (κ3) is 2.62. The van der Waals surface area contributed by atoms with Gasteiger partial charge in [-0.2, -0.15) is 0 Å². The van der Waals surface area contributed by atoms with Crippen molar-refractivity contribution < 1.29 is 0 Å². The van der Waals surface area contributed by atoms with E-state index in [0.717, 1.165) is 16.1 Å². The maximum atomic E-state index is 7.18. The average Bonchev–Trinajstić information content (AvgIpc) is 2.59. The highest BCUT2D eigenvalue weighted by atomic mass is 32.1. The van der Waals surface area contributed by atoms with Crippen molar-refractivity contribution >= 4 is 22.4 Å². The number of anilines is 1. The number of benzene rings is 1. The second kappa shape index (κ2) is 4.55. The molecular weight excluding hydrogens is 232 g/mol. The topological polar surface area (TPSA) is 74.8 Å². The van der Waals surface area contributed by atoms with Crippen LogP contribution in [0.3, 0.4) is 0 Å². The molecule has 5 heteroatoms. The van der Waals surface area contributed by atoms with Crippen molar-refractivity contribution in [1.82, 2.24) is 4.98 Å². The average molecular weight is 246 g/mol. The van der Waals surface area contributed by atoms with Gasteiger partial charge in [0, 0.05) is 0 Å². The zero-order valence-corrected chi connectivity index (χ0v) is 10.6. The van der Waals surface area contributed by atoms with E-state index in [0.29, 0.717) is 5.13 Å². The lowest BCUT2D eigenvalue weighted by atomic mass is 10.1. The minimum Gasteiger partial charge on any atom is -0.370 e. The van der Waals surface area contributed by atoms with Gasteiger partial charge in [0.05, 0.1) is 10.6 Å². The Kier molecular flexibility index (Phi) is 3.10. The van der Waals surface area contributed by atoms with Gasteiger partial charge in [-0.15, -0.1) is 0 Å². The predicted octanol–water partition coefficient (Wildman–Crippen LogP) is 2.73. The zero-order chi connectivity index (χ0) is 12.4. The molecule has 0 saturated heterocycles. The number of hydrogen-bond acceptors (Lipinski definition) is 3. The minimum atomic E-state index is -0.0887. The zero-order valence-electron chi connectivity index (χ0n) is 9.74. The lowest BCUT2D eigenvalue weighted by molar-refractivity contribution is 1.26. The van der Waals surface area contributed by atoms with Crippen LogP contribution >= 0.6 is 11.3 Å². The van der Waals surface area contributed by atoms with E-state index in [4.69, 9.17) is 11.1 Å². The van der Waals surface area contributed by atoms with Crippen LogP contribution in [0.15, 0.2) is 24.3 Å². The van der Waals surface area contributed by atoms with Crippen LogP contribution in [-0.4, -0.2) is 10.9 Å². The van der Waals surface area contributed by atoms with Gasteiger partial charge in [0.1, 0.15) is 0 Å². The molecule has 4 N–H and O–H groups in total. The summed E-state index contributed by atoms with van der Waals surface area (Å²) < 4.78 is 0. The molecule has 0 unspecified atom stereocenters. The Bertz CT molecular complexity index is 542. The summed E-state index contributed by atoms with van der Waals surface area (Å²) in [6, 6.07) is 8.31. The summed E-state index contributed by atoms with van der Waals surface area (Å²) in [5, 5.41) is 10.6. The number of aryl methyl sites for hydroxylation is 2. The van der Waals surface area contributed by atoms with Gasteiger partial charge in [-0.25, -0.2) is 4.98 Å². The van der Waals surface area contributed by atoms with Crippen LogP contribution in [0.5, 0.6) is 0 Å². The molecule has 0 bridgehead atoms. The molecule has 2 rings (SSSR count). The Balaban J connectivity index is 2.35. The molecule has 0 atom stereocenters. The van der Waals surface area contributed by atoms with E-state index in [-0.39, 0.29) is 5.96 Å². The van der Waals surface area contributed by atoms with Crippen LogP contribution in [0, 0.1) is 19.3 Å². The van der Waals surface area contributed by atoms with Crippen LogP contribution in [0.4, 0.5) is 5.13 Å². The first-order chi connectivity index (χ1) is 8.06. The van der Waals surface area contributed by atoms with Gasteiger partial charge < -0.3 is 11.1 Å². The summed E-state index contributed by atoms with van der Waals surface area (Å²) in [5.41, 5.74) is 8.60. The molecule has 0 amide bonds. The SMILES string of the molecule is Cc1ccc(-c2sc(NC(=N)N)nc2C)cc1. The molecule has 0 spiro atoms. The summed E-state index contributed by atoms with van der Waals surface area (Å²) in [7, 11) is 0. The Morgan fingerprint density at radius 1 is 1.29 bits per heavy atom. The highest BCUT2D eigenvalue weighted by Crippen LogP contribution is 2.32. The number of nitrogens with zero attached hydrogens (tertiary/aromatic N) is 1. The highest BCUT2D eigenvalue weighted by molar-refractivity contribution is 7.19. The van der Waals surface area contributed by atoms with E-state index in [2.05, 4.69) is 41.5 Å². The molecule has 88 valence electrons. The van der Waals surface area contributed by atoms with Crippen molar-refractivity contribution in [1.29, 1.82) is 5.41 Å². The Morgan fingerprint density at radius 2 is 1.94 bits per heavy atom. The maximum Gasteiger partial charge on any atom is 0.192 e. The fourth-order valence-corrected chi connectivity index (χ4v) is 2.52. The summed E-state index contributed by atoms with van der Waals surface area (Å²) in [5.74, 6) is -0.0887. The van der Waals surface area contributed by atoms with Gasteiger partial charge in [0.25, 0.3) is 0 Å². The van der Waals surface area contributed by atoms with Crippen LogP contribution in [-0.2, 0) is 0 Å². The fourth-order valence-electron chi connectivity index (χ4n) is 1.54. The van der Waals surface area contributed by atoms with Crippen molar-refractivity contribution in [3.63, 3.8) is 0 Å². The minimum absolute atomic E-state index is 0.0887. The summed E-state index contributed by atoms with van der Waals surface area (Å²) in [6.45, 7) is 4.02. The number of nitrogens with one attached hydrogen (secondary N) is 2. The van der Waals surface area contributed by atoms with Crippen molar-refractivity contribution in [3.05, 3.63) is 35.5 Å². The number of rotatable bonds is 2. The summed E-state index contributed by atoms with van der Waals surface area (Å²) in [4.78, 5) is 5.44. The highest BCUT2D eigenvalue weighted by Gasteiger charge is 2.09. The van der Waals surface area contributed by atoms with Crippen molar-refractivity contribution in [3.8, 4) is 10.4 Å². The molecule has 0 aliphatic carbocycles. The molecular formula is C12H14N4S. The number of aromatic nitrogens is 1. The van der Waals surface area contributed by atoms with E-state index in [1.165, 1.54) is 16.9 Å². The van der Waals surface area contributed by atoms with Crippen molar-refractivity contribution in [2.75, 3.05) is 5.32 Å². The maximum absolute atomic E-state index is 7.18. The molecule has 1 aromatic heterocycles. The Hall–Kier alpha value is -1.88. The lowest BCUT2D eigenvalue weighted by Crippen LogP contribution is -2.20. The lowest BCUT2D eigenvalue weighted by Gasteiger charge is -1.99. The van der Waals surface area contributed by atoms with Crippen LogP contribution < -0.4 is 11.1 Å². The summed E-state index contributed by atoms with van der Waals surface area (Å²) in [6.07, 6.45) is 0. The molecule has 0 aliphatic rings. The third-order valence-electron chi connectivity index (χ3n) is 2.35. The smallest absolute Gasteiger partial charge is 0.192 e. The van der Waals surface area contributed by atoms with E-state index in [1.54, 1.807) is 0 Å². The number of thiazole rings is 1. The van der Waals surface area contributed by atoms with Crippen molar-refractivity contribution in [2.45, 2.75) is 13.8 Å². The van der Waals surface area contributed by atoms with Crippen LogP contribution in [0.25, 0.3) is 10.4 Å². The normalized spacial score (nSPS) is 10.2. The van der Waals surface area contributed by atoms with E-state index in [9.17, 15) is 0 Å². The third-order valence-corrected chi connectivity index (χ3v) is 3.47. The molecule has 0 radical (unpaired) electrons. The molecule has 0 aliphatic heterocycles. The number of nitrogens with two attached hydrogens (primary N) is 1. The molecule has 1 heterocycles. The first-order valence-corrected chi connectivity index (χ1v) is 6.03. The molecule has 2 aromatic rings. The van der Waals surface area contributed by atoms with Gasteiger partial charge in [-0.05, 0) is 19.4 Å². The van der Waals surface area contributed by atoms with Crippen LogP contribution in [0.1, 0.15) is 11.3 Å². The Labute approximate surface area is 104 Å². The van der Waals surface area contributed by atoms with Crippen LogP contribution in [0.2, 0.25) is 0 Å². The molecule has 0 saturated carbocycles. The largest absolute Gasteiger partial charge is 0.370 e. The monoisotopic (exact) mass is 246 g/mol. The van der Waals surface area contributed by atoms with Gasteiger partial charge in [-0.1, -0.05) is 41.2 Å². The molecule has 0 fully saturated rings. The van der Waals surface area contributed by atoms with E-state index in [1.807, 2.05) is 6.92 Å². The van der Waals surface area contributed by atoms with Gasteiger partial charge >= 0.3 is 0 Å². The standard InChI is InChI=1S/C12H14N4S/c1-7-3-5-9(6-4-7)10-8(2)15-12(17-10)16-11(13)14/h3-6H,1-2H3,(H4,13,14,15,16). The fraction of sp³-hybridized carbons (Fsp3) is 0.167. The first kappa shape index (κ1) is 11.6. The van der Waals surface area contributed by atoms with E-state index < -0.39 is 0 Å². The van der Waals surface area contributed by atoms with Gasteiger partial charge in [0.15, 0.2) is 11.1 Å². The first-order valence-electron chi connectivity index (χ1n) is 5.22. The number of guanidine groups is 1. The Morgan fingerprint density at radius 3 is 2.53 bits per heavy atom. The quantitative estimate of drug-likeness (QED) is 0.563. The molecule has 1 aromatic carbocycles. The van der Waals surface area contributed by atoms with Gasteiger partial charge in [0.2, 0.25) is 0 Å².